The minimum atomic E-state index is -2.50. The van der Waals surface area contributed by atoms with E-state index in [2.05, 4.69) is 4.98 Å². The van der Waals surface area contributed by atoms with Crippen molar-refractivity contribution in [3.8, 4) is 0 Å². The van der Waals surface area contributed by atoms with Crippen molar-refractivity contribution < 1.29 is 13.3 Å². The standard InChI is InChI=1S/C11H22N2O3Si/c1-4-14-17(15-5-2,16-6-3)10-9-13-8-7-12-11-13/h7-8,11H,4-6,9-10H2,1-3H3. The Morgan fingerprint density at radius 2 is 1.65 bits per heavy atom. The molecule has 17 heavy (non-hydrogen) atoms. The number of hydrogen-bond acceptors (Lipinski definition) is 4. The van der Waals surface area contributed by atoms with Crippen molar-refractivity contribution in [1.29, 1.82) is 0 Å². The van der Waals surface area contributed by atoms with Crippen molar-refractivity contribution in [2.75, 3.05) is 19.8 Å². The van der Waals surface area contributed by atoms with Gasteiger partial charge in [0.15, 0.2) is 0 Å². The second kappa shape index (κ2) is 7.60. The largest absolute Gasteiger partial charge is 0.502 e. The van der Waals surface area contributed by atoms with Crippen LogP contribution in [-0.4, -0.2) is 38.2 Å². The smallest absolute Gasteiger partial charge is 0.374 e. The fourth-order valence-electron chi connectivity index (χ4n) is 1.69. The quantitative estimate of drug-likeness (QED) is 0.635. The van der Waals surface area contributed by atoms with E-state index in [0.29, 0.717) is 19.8 Å². The van der Waals surface area contributed by atoms with Crippen molar-refractivity contribution in [3.05, 3.63) is 18.7 Å². The summed E-state index contributed by atoms with van der Waals surface area (Å²) in [6.07, 6.45) is 5.50. The summed E-state index contributed by atoms with van der Waals surface area (Å²) in [5, 5.41) is 0. The molecule has 0 saturated carbocycles. The van der Waals surface area contributed by atoms with Crippen molar-refractivity contribution in [1.82, 2.24) is 9.55 Å². The van der Waals surface area contributed by atoms with E-state index in [0.717, 1.165) is 12.6 Å². The number of rotatable bonds is 9. The third-order valence-electron chi connectivity index (χ3n) is 2.33. The number of imidazole rings is 1. The van der Waals surface area contributed by atoms with Gasteiger partial charge in [-0.25, -0.2) is 4.98 Å². The molecule has 0 bridgehead atoms. The van der Waals surface area contributed by atoms with E-state index in [1.165, 1.54) is 0 Å². The molecule has 0 aliphatic heterocycles. The highest BCUT2D eigenvalue weighted by atomic mass is 28.4. The van der Waals surface area contributed by atoms with Gasteiger partial charge in [-0.2, -0.15) is 0 Å². The molecular weight excluding hydrogens is 236 g/mol. The molecule has 0 unspecified atom stereocenters. The summed E-state index contributed by atoms with van der Waals surface area (Å²) in [6.45, 7) is 8.58. The van der Waals surface area contributed by atoms with E-state index in [1.807, 2.05) is 31.5 Å². The van der Waals surface area contributed by atoms with Crippen LogP contribution in [0, 0.1) is 0 Å². The molecule has 5 nitrogen and oxygen atoms in total. The normalized spacial score (nSPS) is 11.9. The zero-order chi connectivity index (χ0) is 12.6. The van der Waals surface area contributed by atoms with Gasteiger partial charge in [0.25, 0.3) is 0 Å². The SMILES string of the molecule is CCO[Si](CCn1ccnc1)(OCC)OCC. The fourth-order valence-corrected chi connectivity index (χ4v) is 4.22. The van der Waals surface area contributed by atoms with Gasteiger partial charge in [-0.1, -0.05) is 0 Å². The van der Waals surface area contributed by atoms with Crippen LogP contribution in [-0.2, 0) is 19.8 Å². The summed E-state index contributed by atoms with van der Waals surface area (Å²) in [5.41, 5.74) is 0. The van der Waals surface area contributed by atoms with Gasteiger partial charge in [0.1, 0.15) is 0 Å². The van der Waals surface area contributed by atoms with Crippen molar-refractivity contribution in [2.24, 2.45) is 0 Å². The minimum Gasteiger partial charge on any atom is -0.374 e. The van der Waals surface area contributed by atoms with Gasteiger partial charge < -0.3 is 17.8 Å². The van der Waals surface area contributed by atoms with Gasteiger partial charge in [0, 0.05) is 44.8 Å². The highest BCUT2D eigenvalue weighted by molar-refractivity contribution is 6.60. The Morgan fingerprint density at radius 1 is 1.06 bits per heavy atom. The summed E-state index contributed by atoms with van der Waals surface area (Å²) in [5.74, 6) is 0. The number of hydrogen-bond donors (Lipinski definition) is 0. The molecule has 1 heterocycles. The van der Waals surface area contributed by atoms with Crippen LogP contribution in [0.3, 0.4) is 0 Å². The molecule has 0 aliphatic carbocycles. The van der Waals surface area contributed by atoms with Gasteiger partial charge in [-0.3, -0.25) is 0 Å². The predicted molar refractivity (Wildman–Crippen MR) is 67.7 cm³/mol. The Bertz CT molecular complexity index is 276. The van der Waals surface area contributed by atoms with E-state index in [-0.39, 0.29) is 0 Å². The van der Waals surface area contributed by atoms with Crippen LogP contribution >= 0.6 is 0 Å². The first-order valence-corrected chi connectivity index (χ1v) is 8.07. The molecule has 1 aromatic rings. The van der Waals surface area contributed by atoms with Gasteiger partial charge in [-0.15, -0.1) is 0 Å². The first kappa shape index (κ1) is 14.4. The lowest BCUT2D eigenvalue weighted by atomic mass is 10.7. The zero-order valence-corrected chi connectivity index (χ0v) is 11.9. The Balaban J connectivity index is 2.59. The molecule has 0 amide bonds. The average molecular weight is 258 g/mol. The van der Waals surface area contributed by atoms with E-state index < -0.39 is 8.80 Å². The number of aryl methyl sites for hydroxylation is 1. The maximum Gasteiger partial charge on any atom is 0.502 e. The maximum absolute atomic E-state index is 5.77. The molecule has 1 aromatic heterocycles. The van der Waals surface area contributed by atoms with E-state index >= 15 is 0 Å². The van der Waals surface area contributed by atoms with Crippen LogP contribution in [0.4, 0.5) is 0 Å². The summed E-state index contributed by atoms with van der Waals surface area (Å²) < 4.78 is 19.3. The van der Waals surface area contributed by atoms with Gasteiger partial charge in [0.05, 0.1) is 6.33 Å². The van der Waals surface area contributed by atoms with E-state index in [4.69, 9.17) is 13.3 Å². The number of aromatic nitrogens is 2. The van der Waals surface area contributed by atoms with Crippen molar-refractivity contribution >= 4 is 8.80 Å². The van der Waals surface area contributed by atoms with Crippen LogP contribution in [0.25, 0.3) is 0 Å². The zero-order valence-electron chi connectivity index (χ0n) is 10.9. The highest BCUT2D eigenvalue weighted by Gasteiger charge is 2.39. The third-order valence-corrected chi connectivity index (χ3v) is 5.35. The molecular formula is C11H22N2O3Si. The second-order valence-electron chi connectivity index (χ2n) is 3.53. The first-order chi connectivity index (χ1) is 8.26. The topological polar surface area (TPSA) is 45.5 Å². The summed E-state index contributed by atoms with van der Waals surface area (Å²) in [4.78, 5) is 4.02. The third kappa shape index (κ3) is 4.59. The van der Waals surface area contributed by atoms with Crippen molar-refractivity contribution in [3.63, 3.8) is 0 Å². The maximum atomic E-state index is 5.77. The van der Waals surface area contributed by atoms with Crippen LogP contribution in [0.15, 0.2) is 18.7 Å². The molecule has 98 valence electrons. The Hall–Kier alpha value is -0.693. The predicted octanol–water partition coefficient (Wildman–Crippen LogP) is 1.93. The van der Waals surface area contributed by atoms with Gasteiger partial charge >= 0.3 is 8.80 Å². The Kier molecular flexibility index (Phi) is 6.42. The van der Waals surface area contributed by atoms with Crippen LogP contribution in [0.1, 0.15) is 20.8 Å². The second-order valence-corrected chi connectivity index (χ2v) is 6.26. The van der Waals surface area contributed by atoms with Crippen LogP contribution in [0.2, 0.25) is 6.04 Å². The molecule has 0 aliphatic rings. The van der Waals surface area contributed by atoms with E-state index in [1.54, 1.807) is 12.5 Å². The summed E-state index contributed by atoms with van der Waals surface area (Å²) in [7, 11) is -2.50. The summed E-state index contributed by atoms with van der Waals surface area (Å²) >= 11 is 0. The molecule has 0 N–H and O–H groups in total. The lowest BCUT2D eigenvalue weighted by molar-refractivity contribution is 0.0702. The Morgan fingerprint density at radius 3 is 2.06 bits per heavy atom. The average Bonchev–Trinajstić information content (AvgIpc) is 2.80. The van der Waals surface area contributed by atoms with Gasteiger partial charge in [0.2, 0.25) is 0 Å². The first-order valence-electron chi connectivity index (χ1n) is 6.14. The Labute approximate surface area is 104 Å². The molecule has 0 spiro atoms. The van der Waals surface area contributed by atoms with E-state index in [9.17, 15) is 0 Å². The highest BCUT2D eigenvalue weighted by Crippen LogP contribution is 2.17. The molecule has 0 fully saturated rings. The molecule has 0 radical (unpaired) electrons. The van der Waals surface area contributed by atoms with Crippen LogP contribution < -0.4 is 0 Å². The van der Waals surface area contributed by atoms with Gasteiger partial charge in [-0.05, 0) is 20.8 Å². The molecule has 0 aromatic carbocycles. The number of nitrogens with zero attached hydrogens (tertiary/aromatic N) is 2. The monoisotopic (exact) mass is 258 g/mol. The summed E-state index contributed by atoms with van der Waals surface area (Å²) in [6, 6.07) is 0.777. The minimum absolute atomic E-state index is 0.621. The van der Waals surface area contributed by atoms with Crippen LogP contribution in [0.5, 0.6) is 0 Å². The molecule has 0 saturated heterocycles. The van der Waals surface area contributed by atoms with Crippen molar-refractivity contribution in [2.45, 2.75) is 33.4 Å². The lowest BCUT2D eigenvalue weighted by Crippen LogP contribution is -2.46. The molecule has 0 atom stereocenters. The molecule has 1 rings (SSSR count). The fraction of sp³-hybridized carbons (Fsp3) is 0.727. The molecule has 6 heteroatoms. The lowest BCUT2D eigenvalue weighted by Gasteiger charge is -2.28.